The van der Waals surface area contributed by atoms with Gasteiger partial charge in [0.05, 0.1) is 18.3 Å². The Morgan fingerprint density at radius 2 is 2.14 bits per heavy atom. The molecule has 5 heteroatoms. The molecule has 0 aliphatic carbocycles. The summed E-state index contributed by atoms with van der Waals surface area (Å²) in [4.78, 5) is 23.2. The summed E-state index contributed by atoms with van der Waals surface area (Å²) >= 11 is 0. The zero-order chi connectivity index (χ0) is 19.7. The van der Waals surface area contributed by atoms with E-state index in [1.165, 1.54) is 5.56 Å². The van der Waals surface area contributed by atoms with E-state index >= 15 is 0 Å². The Hall–Kier alpha value is -2.66. The minimum atomic E-state index is 0.00639. The zero-order valence-electron chi connectivity index (χ0n) is 16.8. The molecule has 0 radical (unpaired) electrons. The highest BCUT2D eigenvalue weighted by Gasteiger charge is 2.26. The molecule has 0 saturated carbocycles. The first-order chi connectivity index (χ1) is 13.5. The quantitative estimate of drug-likeness (QED) is 0.721. The van der Waals surface area contributed by atoms with E-state index in [1.807, 2.05) is 30.0 Å². The number of hydrogen-bond acceptors (Lipinski definition) is 3. The molecule has 1 amide bonds. The number of aryl methyl sites for hydroxylation is 3. The Morgan fingerprint density at radius 3 is 2.86 bits per heavy atom. The molecule has 1 aliphatic rings. The second kappa shape index (κ2) is 7.76. The molecular formula is C23H27N3O2. The fraction of sp³-hybridized carbons (Fsp3) is 0.391. The van der Waals surface area contributed by atoms with Crippen LogP contribution in [0.4, 0.5) is 0 Å². The van der Waals surface area contributed by atoms with Crippen molar-refractivity contribution in [3.05, 3.63) is 64.6 Å². The third-order valence-corrected chi connectivity index (χ3v) is 5.54. The van der Waals surface area contributed by atoms with Crippen molar-refractivity contribution in [2.75, 3.05) is 13.2 Å². The first-order valence-corrected chi connectivity index (χ1v) is 9.93. The van der Waals surface area contributed by atoms with Crippen molar-refractivity contribution in [2.45, 2.75) is 46.3 Å². The maximum Gasteiger partial charge on any atom is 0.271 e. The summed E-state index contributed by atoms with van der Waals surface area (Å²) in [5.41, 5.74) is 5.96. The van der Waals surface area contributed by atoms with Crippen LogP contribution in [-0.4, -0.2) is 40.0 Å². The van der Waals surface area contributed by atoms with Crippen molar-refractivity contribution in [1.29, 1.82) is 0 Å². The van der Waals surface area contributed by atoms with E-state index in [2.05, 4.69) is 35.9 Å². The molecule has 146 valence electrons. The van der Waals surface area contributed by atoms with Gasteiger partial charge < -0.3 is 14.6 Å². The highest BCUT2D eigenvalue weighted by atomic mass is 16.5. The van der Waals surface area contributed by atoms with Crippen molar-refractivity contribution in [2.24, 2.45) is 0 Å². The second-order valence-corrected chi connectivity index (χ2v) is 7.77. The molecule has 2 aromatic heterocycles. The number of ether oxygens (including phenoxy) is 1. The molecule has 0 unspecified atom stereocenters. The van der Waals surface area contributed by atoms with Gasteiger partial charge in [-0.05, 0) is 62.9 Å². The van der Waals surface area contributed by atoms with Gasteiger partial charge in [0.1, 0.15) is 5.69 Å². The largest absolute Gasteiger partial charge is 0.376 e. The zero-order valence-corrected chi connectivity index (χ0v) is 16.8. The van der Waals surface area contributed by atoms with Gasteiger partial charge in [0.2, 0.25) is 0 Å². The van der Waals surface area contributed by atoms with Gasteiger partial charge in [0.25, 0.3) is 5.91 Å². The minimum Gasteiger partial charge on any atom is -0.376 e. The predicted molar refractivity (Wildman–Crippen MR) is 110 cm³/mol. The summed E-state index contributed by atoms with van der Waals surface area (Å²) in [5, 5.41) is 1.12. The van der Waals surface area contributed by atoms with Gasteiger partial charge in [-0.15, -0.1) is 0 Å². The number of H-pyrrole nitrogens is 1. The number of hydrogen-bond donors (Lipinski definition) is 1. The summed E-state index contributed by atoms with van der Waals surface area (Å²) in [6.45, 7) is 8.04. The van der Waals surface area contributed by atoms with E-state index in [0.29, 0.717) is 18.8 Å². The van der Waals surface area contributed by atoms with Gasteiger partial charge >= 0.3 is 0 Å². The van der Waals surface area contributed by atoms with Crippen LogP contribution >= 0.6 is 0 Å². The van der Waals surface area contributed by atoms with E-state index in [9.17, 15) is 4.79 Å². The lowest BCUT2D eigenvalue weighted by atomic mass is 10.1. The highest BCUT2D eigenvalue weighted by Crippen LogP contribution is 2.27. The van der Waals surface area contributed by atoms with E-state index in [0.717, 1.165) is 47.2 Å². The fourth-order valence-corrected chi connectivity index (χ4v) is 4.10. The normalized spacial score (nSPS) is 16.6. The lowest BCUT2D eigenvalue weighted by Crippen LogP contribution is -2.37. The average molecular weight is 377 g/mol. The van der Waals surface area contributed by atoms with Crippen LogP contribution in [-0.2, 0) is 11.3 Å². The number of carbonyl (C=O) groups excluding carboxylic acids is 1. The first kappa shape index (κ1) is 18.7. The number of rotatable bonds is 5. The lowest BCUT2D eigenvalue weighted by Gasteiger charge is -2.25. The standard InChI is InChI=1S/C23H27N3O2/c1-15-11-16(2)21-20(12-15)17(3)22(25-21)23(27)26(14-19-8-6-10-28-19)13-18-7-4-5-9-24-18/h4-5,7,9,11-12,19,25H,6,8,10,13-14H2,1-3H3/t19-/m0/s1. The van der Waals surface area contributed by atoms with Gasteiger partial charge in [-0.2, -0.15) is 0 Å². The minimum absolute atomic E-state index is 0.00639. The number of pyridine rings is 1. The number of nitrogens with one attached hydrogen (secondary N) is 1. The SMILES string of the molecule is Cc1cc(C)c2[nH]c(C(=O)N(Cc3ccccn3)C[C@@H]3CCCO3)c(C)c2c1. The fourth-order valence-electron chi connectivity index (χ4n) is 4.10. The monoisotopic (exact) mass is 377 g/mol. The van der Waals surface area contributed by atoms with Gasteiger partial charge in [-0.3, -0.25) is 9.78 Å². The Kier molecular flexibility index (Phi) is 5.18. The van der Waals surface area contributed by atoms with Crippen molar-refractivity contribution in [3.8, 4) is 0 Å². The highest BCUT2D eigenvalue weighted by molar-refractivity contribution is 6.01. The van der Waals surface area contributed by atoms with E-state index in [4.69, 9.17) is 4.74 Å². The summed E-state index contributed by atoms with van der Waals surface area (Å²) < 4.78 is 5.81. The number of benzene rings is 1. The Balaban J connectivity index is 1.69. The van der Waals surface area contributed by atoms with Gasteiger partial charge in [0.15, 0.2) is 0 Å². The summed E-state index contributed by atoms with van der Waals surface area (Å²) in [5.74, 6) is 0.00639. The molecule has 3 aromatic rings. The molecule has 1 N–H and O–H groups in total. The Labute approximate surface area is 165 Å². The maximum absolute atomic E-state index is 13.5. The number of amides is 1. The van der Waals surface area contributed by atoms with Crippen molar-refractivity contribution in [1.82, 2.24) is 14.9 Å². The number of aromatic amines is 1. The molecule has 1 fully saturated rings. The molecule has 0 spiro atoms. The van der Waals surface area contributed by atoms with E-state index in [1.54, 1.807) is 6.20 Å². The molecule has 3 heterocycles. The van der Waals surface area contributed by atoms with E-state index in [-0.39, 0.29) is 12.0 Å². The van der Waals surface area contributed by atoms with Crippen LogP contribution < -0.4 is 0 Å². The molecule has 1 aliphatic heterocycles. The van der Waals surface area contributed by atoms with Gasteiger partial charge in [-0.1, -0.05) is 17.7 Å². The molecule has 1 atom stereocenters. The predicted octanol–water partition coefficient (Wildman–Crippen LogP) is 4.31. The number of fused-ring (bicyclic) bond motifs is 1. The number of aromatic nitrogens is 2. The first-order valence-electron chi connectivity index (χ1n) is 9.93. The Bertz CT molecular complexity index is 988. The van der Waals surface area contributed by atoms with E-state index < -0.39 is 0 Å². The summed E-state index contributed by atoms with van der Waals surface area (Å²) in [6.07, 6.45) is 3.92. The van der Waals surface area contributed by atoms with Crippen LogP contribution in [0, 0.1) is 20.8 Å². The molecule has 1 aromatic carbocycles. The van der Waals surface area contributed by atoms with Crippen LogP contribution in [0.2, 0.25) is 0 Å². The molecular weight excluding hydrogens is 350 g/mol. The van der Waals surface area contributed by atoms with Crippen molar-refractivity contribution in [3.63, 3.8) is 0 Å². The number of nitrogens with zero attached hydrogens (tertiary/aromatic N) is 2. The van der Waals surface area contributed by atoms with Gasteiger partial charge in [0, 0.05) is 30.3 Å². The topological polar surface area (TPSA) is 58.2 Å². The maximum atomic E-state index is 13.5. The average Bonchev–Trinajstić information content (AvgIpc) is 3.30. The molecule has 4 rings (SSSR count). The Morgan fingerprint density at radius 1 is 1.29 bits per heavy atom. The van der Waals surface area contributed by atoms with Crippen molar-refractivity contribution < 1.29 is 9.53 Å². The van der Waals surface area contributed by atoms with Crippen LogP contribution in [0.5, 0.6) is 0 Å². The van der Waals surface area contributed by atoms with Crippen molar-refractivity contribution >= 4 is 16.8 Å². The van der Waals surface area contributed by atoms with Gasteiger partial charge in [-0.25, -0.2) is 0 Å². The number of carbonyl (C=O) groups is 1. The molecule has 28 heavy (non-hydrogen) atoms. The second-order valence-electron chi connectivity index (χ2n) is 7.77. The molecule has 5 nitrogen and oxygen atoms in total. The van der Waals surface area contributed by atoms with Crippen LogP contribution in [0.25, 0.3) is 10.9 Å². The third-order valence-electron chi connectivity index (χ3n) is 5.54. The molecule has 1 saturated heterocycles. The summed E-state index contributed by atoms with van der Waals surface area (Å²) in [7, 11) is 0. The smallest absolute Gasteiger partial charge is 0.271 e. The van der Waals surface area contributed by atoms with Crippen LogP contribution in [0.15, 0.2) is 36.5 Å². The lowest BCUT2D eigenvalue weighted by molar-refractivity contribution is 0.0500. The van der Waals surface area contributed by atoms with Crippen LogP contribution in [0.3, 0.4) is 0 Å². The summed E-state index contributed by atoms with van der Waals surface area (Å²) in [6, 6.07) is 10.1. The molecule has 0 bridgehead atoms. The third kappa shape index (κ3) is 3.67. The van der Waals surface area contributed by atoms with Crippen LogP contribution in [0.1, 0.15) is 45.7 Å².